The summed E-state index contributed by atoms with van der Waals surface area (Å²) < 4.78 is 24.8. The summed E-state index contributed by atoms with van der Waals surface area (Å²) in [5.74, 6) is 0.539. The third kappa shape index (κ3) is 6.84. The lowest BCUT2D eigenvalue weighted by atomic mass is 10.1. The van der Waals surface area contributed by atoms with Gasteiger partial charge in [-0.3, -0.25) is 4.99 Å². The Morgan fingerprint density at radius 1 is 1.14 bits per heavy atom. The van der Waals surface area contributed by atoms with Crippen LogP contribution in [0.2, 0.25) is 0 Å². The van der Waals surface area contributed by atoms with Crippen LogP contribution in [0.4, 0.5) is 4.39 Å². The van der Waals surface area contributed by atoms with Gasteiger partial charge >= 0.3 is 0 Å². The van der Waals surface area contributed by atoms with Gasteiger partial charge in [-0.2, -0.15) is 0 Å². The molecule has 0 aromatic heterocycles. The minimum absolute atomic E-state index is 0.223. The van der Waals surface area contributed by atoms with Gasteiger partial charge < -0.3 is 19.7 Å². The van der Waals surface area contributed by atoms with Crippen molar-refractivity contribution in [1.29, 1.82) is 0 Å². The minimum Gasteiger partial charge on any atom is -0.381 e. The summed E-state index contributed by atoms with van der Waals surface area (Å²) in [6, 6.07) is 15.0. The third-order valence-electron chi connectivity index (χ3n) is 4.98. The van der Waals surface area contributed by atoms with Crippen LogP contribution in [0.3, 0.4) is 0 Å². The molecule has 2 aromatic carbocycles. The van der Waals surface area contributed by atoms with Crippen molar-refractivity contribution in [3.05, 3.63) is 71.0 Å². The summed E-state index contributed by atoms with van der Waals surface area (Å²) in [7, 11) is 3.70. The van der Waals surface area contributed by atoms with Gasteiger partial charge in [0.2, 0.25) is 0 Å². The molecule has 3 rings (SSSR count). The molecule has 0 unspecified atom stereocenters. The molecule has 2 aromatic rings. The summed E-state index contributed by atoms with van der Waals surface area (Å²) in [5.41, 5.74) is 3.24. The van der Waals surface area contributed by atoms with Crippen molar-refractivity contribution in [3.63, 3.8) is 0 Å². The van der Waals surface area contributed by atoms with E-state index in [2.05, 4.69) is 34.6 Å². The lowest BCUT2D eigenvalue weighted by Gasteiger charge is -2.23. The molecule has 1 aliphatic heterocycles. The zero-order chi connectivity index (χ0) is 20.5. The van der Waals surface area contributed by atoms with E-state index in [1.54, 1.807) is 19.2 Å². The average Bonchev–Trinajstić information content (AvgIpc) is 2.74. The summed E-state index contributed by atoms with van der Waals surface area (Å²) in [5, 5.41) is 3.38. The molecule has 0 spiro atoms. The number of nitrogens with one attached hydrogen (secondary N) is 1. The summed E-state index contributed by atoms with van der Waals surface area (Å²) in [6.45, 7) is 3.43. The first-order valence-corrected chi connectivity index (χ1v) is 10.1. The summed E-state index contributed by atoms with van der Waals surface area (Å²) in [6.07, 6.45) is 2.23. The van der Waals surface area contributed by atoms with Crippen molar-refractivity contribution in [2.45, 2.75) is 38.6 Å². The first kappa shape index (κ1) is 21.3. The zero-order valence-corrected chi connectivity index (χ0v) is 17.2. The number of hydrogen-bond donors (Lipinski definition) is 1. The highest BCUT2D eigenvalue weighted by Gasteiger charge is 2.14. The molecule has 1 fully saturated rings. The average molecular weight is 400 g/mol. The molecule has 0 amide bonds. The molecule has 0 aliphatic carbocycles. The molecule has 1 saturated heterocycles. The second-order valence-corrected chi connectivity index (χ2v) is 7.33. The highest BCUT2D eigenvalue weighted by Crippen LogP contribution is 2.14. The Balaban J connectivity index is 1.51. The topological polar surface area (TPSA) is 46.1 Å². The number of halogens is 1. The van der Waals surface area contributed by atoms with Crippen LogP contribution in [0.25, 0.3) is 0 Å². The van der Waals surface area contributed by atoms with Crippen molar-refractivity contribution >= 4 is 5.96 Å². The normalized spacial score (nSPS) is 15.3. The maximum atomic E-state index is 13.4. The van der Waals surface area contributed by atoms with Gasteiger partial charge in [0, 0.05) is 40.4 Å². The first-order valence-electron chi connectivity index (χ1n) is 10.1. The smallest absolute Gasteiger partial charge is 0.193 e. The Morgan fingerprint density at radius 3 is 2.62 bits per heavy atom. The van der Waals surface area contributed by atoms with Gasteiger partial charge in [0.1, 0.15) is 5.82 Å². The van der Waals surface area contributed by atoms with Crippen LogP contribution >= 0.6 is 0 Å². The SMILES string of the molecule is CN=C(NCc1cccc(COC2CCOCC2)c1)N(C)Cc1cccc(F)c1. The Hall–Kier alpha value is -2.44. The van der Waals surface area contributed by atoms with Gasteiger partial charge in [-0.05, 0) is 41.7 Å². The Labute approximate surface area is 172 Å². The third-order valence-corrected chi connectivity index (χ3v) is 4.98. The lowest BCUT2D eigenvalue weighted by Crippen LogP contribution is -2.38. The number of aliphatic imine (C=N–C) groups is 1. The molecule has 1 N–H and O–H groups in total. The van der Waals surface area contributed by atoms with Gasteiger partial charge in [0.25, 0.3) is 0 Å². The standard InChI is InChI=1S/C23H30FN3O2/c1-25-23(27(2)16-19-6-4-8-21(24)14-19)26-15-18-5-3-7-20(13-18)17-29-22-9-11-28-12-10-22/h3-8,13-14,22H,9-12,15-17H2,1-2H3,(H,25,26). The van der Waals surface area contributed by atoms with Crippen molar-refractivity contribution in [2.75, 3.05) is 27.3 Å². The molecule has 0 bridgehead atoms. The van der Waals surface area contributed by atoms with Crippen LogP contribution in [0.1, 0.15) is 29.5 Å². The van der Waals surface area contributed by atoms with E-state index >= 15 is 0 Å². The van der Waals surface area contributed by atoms with Gasteiger partial charge in [-0.25, -0.2) is 4.39 Å². The monoisotopic (exact) mass is 399 g/mol. The largest absolute Gasteiger partial charge is 0.381 e. The Bertz CT molecular complexity index is 806. The number of nitrogens with zero attached hydrogens (tertiary/aromatic N) is 2. The molecule has 1 heterocycles. The van der Waals surface area contributed by atoms with Crippen LogP contribution in [0, 0.1) is 5.82 Å². The predicted octanol–water partition coefficient (Wildman–Crippen LogP) is 3.73. The van der Waals surface area contributed by atoms with Crippen LogP contribution in [-0.4, -0.2) is 44.3 Å². The molecule has 5 nitrogen and oxygen atoms in total. The maximum absolute atomic E-state index is 13.4. The van der Waals surface area contributed by atoms with Gasteiger partial charge in [0.15, 0.2) is 5.96 Å². The fourth-order valence-electron chi connectivity index (χ4n) is 3.44. The number of rotatable bonds is 7. The second kappa shape index (κ2) is 10.9. The summed E-state index contributed by atoms with van der Waals surface area (Å²) >= 11 is 0. The van der Waals surface area contributed by atoms with Crippen LogP contribution in [0.15, 0.2) is 53.5 Å². The number of guanidine groups is 1. The predicted molar refractivity (Wildman–Crippen MR) is 113 cm³/mol. The van der Waals surface area contributed by atoms with E-state index in [1.807, 2.05) is 18.0 Å². The van der Waals surface area contributed by atoms with Crippen molar-refractivity contribution in [1.82, 2.24) is 10.2 Å². The van der Waals surface area contributed by atoms with Crippen molar-refractivity contribution in [3.8, 4) is 0 Å². The number of benzene rings is 2. The molecule has 0 saturated carbocycles. The zero-order valence-electron chi connectivity index (χ0n) is 17.2. The van der Waals surface area contributed by atoms with Gasteiger partial charge in [0.05, 0.1) is 12.7 Å². The lowest BCUT2D eigenvalue weighted by molar-refractivity contribution is -0.0390. The maximum Gasteiger partial charge on any atom is 0.193 e. The van der Waals surface area contributed by atoms with Gasteiger partial charge in [-0.15, -0.1) is 0 Å². The van der Waals surface area contributed by atoms with E-state index in [-0.39, 0.29) is 5.82 Å². The molecular formula is C23H30FN3O2. The highest BCUT2D eigenvalue weighted by atomic mass is 19.1. The molecule has 156 valence electrons. The van der Waals surface area contributed by atoms with E-state index in [1.165, 1.54) is 17.2 Å². The molecule has 29 heavy (non-hydrogen) atoms. The van der Waals surface area contributed by atoms with E-state index in [0.717, 1.165) is 37.6 Å². The molecule has 0 radical (unpaired) electrons. The van der Waals surface area contributed by atoms with Crippen molar-refractivity contribution in [2.24, 2.45) is 4.99 Å². The summed E-state index contributed by atoms with van der Waals surface area (Å²) in [4.78, 5) is 6.32. The second-order valence-electron chi connectivity index (χ2n) is 7.33. The molecule has 1 aliphatic rings. The fraction of sp³-hybridized carbons (Fsp3) is 0.435. The Kier molecular flexibility index (Phi) is 8.02. The van der Waals surface area contributed by atoms with Crippen LogP contribution < -0.4 is 5.32 Å². The Morgan fingerprint density at radius 2 is 1.86 bits per heavy atom. The van der Waals surface area contributed by atoms with Crippen LogP contribution in [-0.2, 0) is 29.2 Å². The van der Waals surface area contributed by atoms with Gasteiger partial charge in [-0.1, -0.05) is 36.4 Å². The highest BCUT2D eigenvalue weighted by molar-refractivity contribution is 5.79. The molecule has 0 atom stereocenters. The number of hydrogen-bond acceptors (Lipinski definition) is 3. The van der Waals surface area contributed by atoms with E-state index < -0.39 is 0 Å². The fourth-order valence-corrected chi connectivity index (χ4v) is 3.44. The first-order chi connectivity index (χ1) is 14.1. The van der Waals surface area contributed by atoms with Crippen LogP contribution in [0.5, 0.6) is 0 Å². The van der Waals surface area contributed by atoms with E-state index in [4.69, 9.17) is 9.47 Å². The minimum atomic E-state index is -0.223. The molecular weight excluding hydrogens is 369 g/mol. The van der Waals surface area contributed by atoms with Crippen molar-refractivity contribution < 1.29 is 13.9 Å². The van der Waals surface area contributed by atoms with E-state index in [9.17, 15) is 4.39 Å². The number of ether oxygens (including phenoxy) is 2. The van der Waals surface area contributed by atoms with E-state index in [0.29, 0.717) is 25.8 Å². The quantitative estimate of drug-likeness (QED) is 0.569. The molecule has 6 heteroatoms.